The highest BCUT2D eigenvalue weighted by molar-refractivity contribution is 5.81. The van der Waals surface area contributed by atoms with Crippen LogP contribution in [0.5, 0.6) is 0 Å². The number of carbonyl (C=O) groups excluding carboxylic acids is 1. The molecule has 0 spiro atoms. The Balaban J connectivity index is 2.68. The fraction of sp³-hybridized carbons (Fsp3) is 0.929. The van der Waals surface area contributed by atoms with E-state index in [0.717, 1.165) is 19.4 Å². The molecule has 0 aromatic carbocycles. The zero-order valence-corrected chi connectivity index (χ0v) is 12.6. The lowest BCUT2D eigenvalue weighted by molar-refractivity contribution is -0.141. The van der Waals surface area contributed by atoms with Crippen LogP contribution in [-0.4, -0.2) is 67.2 Å². The molecular formula is C14H29N3O2. The molecule has 112 valence electrons. The molecule has 2 N–H and O–H groups in total. The number of hydrogen-bond donors (Lipinski definition) is 1. The van der Waals surface area contributed by atoms with Gasteiger partial charge in [-0.15, -0.1) is 0 Å². The standard InChI is InChI=1S/C14H29N3O2/c1-4-13(5-2)17(7-6-15)12(3)14(18)16-8-10-19-11-9-16/h12-13H,4-11,15H2,1-3H3. The molecule has 0 radical (unpaired) electrons. The van der Waals surface area contributed by atoms with Crippen LogP contribution in [0.4, 0.5) is 0 Å². The number of carbonyl (C=O) groups is 1. The molecule has 5 nitrogen and oxygen atoms in total. The van der Waals surface area contributed by atoms with Gasteiger partial charge in [0, 0.05) is 32.2 Å². The Hall–Kier alpha value is -0.650. The second-order valence-corrected chi connectivity index (χ2v) is 5.11. The van der Waals surface area contributed by atoms with Crippen LogP contribution >= 0.6 is 0 Å². The predicted octanol–water partition coefficient (Wildman–Crippen LogP) is 0.683. The maximum Gasteiger partial charge on any atom is 0.239 e. The third-order valence-electron chi connectivity index (χ3n) is 3.98. The van der Waals surface area contributed by atoms with Gasteiger partial charge < -0.3 is 15.4 Å². The minimum atomic E-state index is -0.0912. The van der Waals surface area contributed by atoms with Crippen molar-refractivity contribution in [3.8, 4) is 0 Å². The van der Waals surface area contributed by atoms with Crippen LogP contribution in [0.25, 0.3) is 0 Å². The highest BCUT2D eigenvalue weighted by Gasteiger charge is 2.29. The summed E-state index contributed by atoms with van der Waals surface area (Å²) in [5, 5.41) is 0. The van der Waals surface area contributed by atoms with Crippen LogP contribution in [0.3, 0.4) is 0 Å². The molecule has 1 aliphatic heterocycles. The van der Waals surface area contributed by atoms with E-state index in [9.17, 15) is 4.79 Å². The molecule has 0 saturated carbocycles. The Morgan fingerprint density at radius 3 is 2.37 bits per heavy atom. The summed E-state index contributed by atoms with van der Waals surface area (Å²) in [6.07, 6.45) is 2.11. The molecule has 1 unspecified atom stereocenters. The number of nitrogens with zero attached hydrogens (tertiary/aromatic N) is 2. The largest absolute Gasteiger partial charge is 0.378 e. The lowest BCUT2D eigenvalue weighted by Crippen LogP contribution is -2.54. The summed E-state index contributed by atoms with van der Waals surface area (Å²) in [4.78, 5) is 16.7. The average molecular weight is 271 g/mol. The number of rotatable bonds is 7. The number of hydrogen-bond acceptors (Lipinski definition) is 4. The van der Waals surface area contributed by atoms with Crippen molar-refractivity contribution >= 4 is 5.91 Å². The Labute approximate surface area is 117 Å². The molecule has 0 aromatic rings. The third kappa shape index (κ3) is 4.44. The first-order chi connectivity index (χ1) is 9.15. The van der Waals surface area contributed by atoms with Gasteiger partial charge in [0.25, 0.3) is 0 Å². The van der Waals surface area contributed by atoms with Crippen molar-refractivity contribution in [1.29, 1.82) is 0 Å². The first-order valence-electron chi connectivity index (χ1n) is 7.48. The van der Waals surface area contributed by atoms with Crippen molar-refractivity contribution in [3.63, 3.8) is 0 Å². The van der Waals surface area contributed by atoms with E-state index in [2.05, 4.69) is 18.7 Å². The van der Waals surface area contributed by atoms with Gasteiger partial charge in [0.2, 0.25) is 5.91 Å². The number of ether oxygens (including phenoxy) is 1. The van der Waals surface area contributed by atoms with Crippen LogP contribution in [0, 0.1) is 0 Å². The van der Waals surface area contributed by atoms with Crippen LogP contribution < -0.4 is 5.73 Å². The zero-order chi connectivity index (χ0) is 14.3. The van der Waals surface area contributed by atoms with Crippen LogP contribution in [-0.2, 0) is 9.53 Å². The van der Waals surface area contributed by atoms with E-state index < -0.39 is 0 Å². The van der Waals surface area contributed by atoms with Crippen molar-refractivity contribution in [3.05, 3.63) is 0 Å². The van der Waals surface area contributed by atoms with Gasteiger partial charge in [-0.3, -0.25) is 9.69 Å². The summed E-state index contributed by atoms with van der Waals surface area (Å²) in [5.41, 5.74) is 5.71. The summed E-state index contributed by atoms with van der Waals surface area (Å²) < 4.78 is 5.30. The molecule has 0 aliphatic carbocycles. The average Bonchev–Trinajstić information content (AvgIpc) is 2.47. The first kappa shape index (κ1) is 16.4. The van der Waals surface area contributed by atoms with Gasteiger partial charge in [-0.2, -0.15) is 0 Å². The summed E-state index contributed by atoms with van der Waals surface area (Å²) in [7, 11) is 0. The molecule has 1 fully saturated rings. The Morgan fingerprint density at radius 1 is 1.32 bits per heavy atom. The Kier molecular flexibility index (Phi) is 7.34. The van der Waals surface area contributed by atoms with Crippen LogP contribution in [0.15, 0.2) is 0 Å². The monoisotopic (exact) mass is 271 g/mol. The van der Waals surface area contributed by atoms with Crippen molar-refractivity contribution in [1.82, 2.24) is 9.80 Å². The quantitative estimate of drug-likeness (QED) is 0.740. The van der Waals surface area contributed by atoms with E-state index in [-0.39, 0.29) is 11.9 Å². The molecule has 5 heteroatoms. The SMILES string of the molecule is CCC(CC)N(CCN)C(C)C(=O)N1CCOCC1. The second-order valence-electron chi connectivity index (χ2n) is 5.11. The normalized spacial score (nSPS) is 18.1. The van der Waals surface area contributed by atoms with Gasteiger partial charge >= 0.3 is 0 Å². The minimum absolute atomic E-state index is 0.0912. The predicted molar refractivity (Wildman–Crippen MR) is 77.0 cm³/mol. The van der Waals surface area contributed by atoms with Crippen molar-refractivity contribution in [2.45, 2.75) is 45.7 Å². The summed E-state index contributed by atoms with van der Waals surface area (Å²) >= 11 is 0. The zero-order valence-electron chi connectivity index (χ0n) is 12.6. The second kappa shape index (κ2) is 8.51. The highest BCUT2D eigenvalue weighted by atomic mass is 16.5. The van der Waals surface area contributed by atoms with Gasteiger partial charge in [-0.1, -0.05) is 13.8 Å². The minimum Gasteiger partial charge on any atom is -0.378 e. The van der Waals surface area contributed by atoms with Gasteiger partial charge in [-0.25, -0.2) is 0 Å². The fourth-order valence-electron chi connectivity index (χ4n) is 2.79. The molecule has 0 bridgehead atoms. The van der Waals surface area contributed by atoms with Crippen molar-refractivity contribution in [2.24, 2.45) is 5.73 Å². The molecule has 1 rings (SSSR count). The maximum absolute atomic E-state index is 12.5. The first-order valence-corrected chi connectivity index (χ1v) is 7.48. The Bertz CT molecular complexity index is 263. The van der Waals surface area contributed by atoms with E-state index in [0.29, 0.717) is 38.9 Å². The van der Waals surface area contributed by atoms with Gasteiger partial charge in [0.1, 0.15) is 0 Å². The summed E-state index contributed by atoms with van der Waals surface area (Å²) in [6, 6.07) is 0.343. The van der Waals surface area contributed by atoms with E-state index >= 15 is 0 Å². The summed E-state index contributed by atoms with van der Waals surface area (Å²) in [6.45, 7) is 10.5. The lowest BCUT2D eigenvalue weighted by atomic mass is 10.1. The number of amides is 1. The number of nitrogens with two attached hydrogens (primary N) is 1. The van der Waals surface area contributed by atoms with E-state index in [1.54, 1.807) is 0 Å². The molecule has 1 atom stereocenters. The van der Waals surface area contributed by atoms with Gasteiger partial charge in [0.05, 0.1) is 19.3 Å². The van der Waals surface area contributed by atoms with Crippen LogP contribution in [0.1, 0.15) is 33.6 Å². The van der Waals surface area contributed by atoms with Crippen molar-refractivity contribution in [2.75, 3.05) is 39.4 Å². The number of morpholine rings is 1. The third-order valence-corrected chi connectivity index (χ3v) is 3.98. The van der Waals surface area contributed by atoms with E-state index in [1.165, 1.54) is 0 Å². The van der Waals surface area contributed by atoms with Gasteiger partial charge in [0.15, 0.2) is 0 Å². The highest BCUT2D eigenvalue weighted by Crippen LogP contribution is 2.14. The molecule has 1 amide bonds. The topological polar surface area (TPSA) is 58.8 Å². The molecule has 19 heavy (non-hydrogen) atoms. The van der Waals surface area contributed by atoms with Gasteiger partial charge in [-0.05, 0) is 19.8 Å². The molecule has 1 saturated heterocycles. The lowest BCUT2D eigenvalue weighted by Gasteiger charge is -2.38. The van der Waals surface area contributed by atoms with Crippen molar-refractivity contribution < 1.29 is 9.53 Å². The molecule has 1 heterocycles. The Morgan fingerprint density at radius 2 is 1.89 bits per heavy atom. The van der Waals surface area contributed by atoms with Crippen LogP contribution in [0.2, 0.25) is 0 Å². The maximum atomic E-state index is 12.5. The fourth-order valence-corrected chi connectivity index (χ4v) is 2.79. The summed E-state index contributed by atoms with van der Waals surface area (Å²) in [5.74, 6) is 0.212. The molecule has 1 aliphatic rings. The van der Waals surface area contributed by atoms with E-state index in [1.807, 2.05) is 11.8 Å². The molecule has 0 aromatic heterocycles. The smallest absolute Gasteiger partial charge is 0.239 e. The van der Waals surface area contributed by atoms with E-state index in [4.69, 9.17) is 10.5 Å². The molecular weight excluding hydrogens is 242 g/mol.